The van der Waals surface area contributed by atoms with E-state index in [1.54, 1.807) is 4.57 Å². The Bertz CT molecular complexity index is 727. The molecule has 1 aliphatic carbocycles. The van der Waals surface area contributed by atoms with Gasteiger partial charge in [-0.25, -0.2) is 4.98 Å². The monoisotopic (exact) mass is 342 g/mol. The molecule has 0 aliphatic heterocycles. The van der Waals surface area contributed by atoms with Crippen molar-refractivity contribution in [3.05, 3.63) is 24.2 Å². The molecule has 130 valence electrons. The van der Waals surface area contributed by atoms with Gasteiger partial charge in [-0.15, -0.1) is 0 Å². The van der Waals surface area contributed by atoms with Crippen LogP contribution in [0.2, 0.25) is 0 Å². The molecule has 1 fully saturated rings. The van der Waals surface area contributed by atoms with Crippen LogP contribution in [0, 0.1) is 0 Å². The van der Waals surface area contributed by atoms with Crippen molar-refractivity contribution in [1.29, 1.82) is 0 Å². The third-order valence-electron chi connectivity index (χ3n) is 3.94. The standard InChI is InChI=1S/C16H17F3N2O3/c1-22-11-6-9(7-12(23-2)14(11)24-3)13-15(16(17,18)19)20-8-21(13)10-4-5-10/h6-8,10H,4-5H2,1-3H3. The number of hydrogen-bond acceptors (Lipinski definition) is 4. The number of halogens is 3. The van der Waals surface area contributed by atoms with Gasteiger partial charge in [0.05, 0.1) is 33.4 Å². The number of rotatable bonds is 5. The second-order valence-electron chi connectivity index (χ2n) is 5.49. The van der Waals surface area contributed by atoms with Gasteiger partial charge in [0.25, 0.3) is 0 Å². The van der Waals surface area contributed by atoms with E-state index in [1.807, 2.05) is 0 Å². The average Bonchev–Trinajstić information content (AvgIpc) is 3.30. The van der Waals surface area contributed by atoms with E-state index >= 15 is 0 Å². The molecule has 24 heavy (non-hydrogen) atoms. The minimum absolute atomic E-state index is 0.0178. The van der Waals surface area contributed by atoms with Gasteiger partial charge in [0, 0.05) is 11.6 Å². The van der Waals surface area contributed by atoms with E-state index in [9.17, 15) is 13.2 Å². The van der Waals surface area contributed by atoms with E-state index in [2.05, 4.69) is 4.98 Å². The van der Waals surface area contributed by atoms with Gasteiger partial charge in [-0.1, -0.05) is 0 Å². The Morgan fingerprint density at radius 1 is 1.04 bits per heavy atom. The summed E-state index contributed by atoms with van der Waals surface area (Å²) < 4.78 is 57.4. The molecule has 8 heteroatoms. The molecule has 0 radical (unpaired) electrons. The summed E-state index contributed by atoms with van der Waals surface area (Å²) in [6, 6.07) is 3.06. The Morgan fingerprint density at radius 3 is 2.04 bits per heavy atom. The van der Waals surface area contributed by atoms with Crippen LogP contribution in [0.5, 0.6) is 17.2 Å². The molecule has 1 heterocycles. The van der Waals surface area contributed by atoms with Gasteiger partial charge in [-0.2, -0.15) is 13.2 Å². The van der Waals surface area contributed by atoms with Crippen LogP contribution < -0.4 is 14.2 Å². The summed E-state index contributed by atoms with van der Waals surface area (Å²) in [5, 5.41) is 0. The first-order valence-corrected chi connectivity index (χ1v) is 7.35. The zero-order chi connectivity index (χ0) is 17.5. The summed E-state index contributed by atoms with van der Waals surface area (Å²) in [4.78, 5) is 3.60. The lowest BCUT2D eigenvalue weighted by atomic mass is 10.1. The maximum absolute atomic E-state index is 13.4. The molecule has 0 unspecified atom stereocenters. The highest BCUT2D eigenvalue weighted by molar-refractivity contribution is 5.71. The lowest BCUT2D eigenvalue weighted by molar-refractivity contribution is -0.140. The summed E-state index contributed by atoms with van der Waals surface area (Å²) in [6.07, 6.45) is -1.62. The van der Waals surface area contributed by atoms with Gasteiger partial charge in [0.15, 0.2) is 17.2 Å². The van der Waals surface area contributed by atoms with Crippen molar-refractivity contribution in [2.75, 3.05) is 21.3 Å². The lowest BCUT2D eigenvalue weighted by Gasteiger charge is -2.16. The fourth-order valence-corrected chi connectivity index (χ4v) is 2.70. The Labute approximate surface area is 137 Å². The maximum Gasteiger partial charge on any atom is 0.435 e. The quantitative estimate of drug-likeness (QED) is 0.826. The predicted molar refractivity (Wildman–Crippen MR) is 80.6 cm³/mol. The molecule has 5 nitrogen and oxygen atoms in total. The van der Waals surface area contributed by atoms with Crippen molar-refractivity contribution in [2.24, 2.45) is 0 Å². The molecule has 0 spiro atoms. The number of methoxy groups -OCH3 is 3. The largest absolute Gasteiger partial charge is 0.493 e. The van der Waals surface area contributed by atoms with Crippen LogP contribution in [0.4, 0.5) is 13.2 Å². The molecule has 0 N–H and O–H groups in total. The zero-order valence-electron chi connectivity index (χ0n) is 13.5. The minimum atomic E-state index is -4.55. The van der Waals surface area contributed by atoms with Crippen molar-refractivity contribution in [3.8, 4) is 28.5 Å². The molecule has 1 aliphatic rings. The van der Waals surface area contributed by atoms with E-state index in [4.69, 9.17) is 14.2 Å². The summed E-state index contributed by atoms with van der Waals surface area (Å²) >= 11 is 0. The van der Waals surface area contributed by atoms with Gasteiger partial charge in [-0.05, 0) is 25.0 Å². The minimum Gasteiger partial charge on any atom is -0.493 e. The van der Waals surface area contributed by atoms with Crippen molar-refractivity contribution in [3.63, 3.8) is 0 Å². The van der Waals surface area contributed by atoms with Crippen LogP contribution in [0.15, 0.2) is 18.5 Å². The Balaban J connectivity index is 2.23. The van der Waals surface area contributed by atoms with Gasteiger partial charge < -0.3 is 18.8 Å². The summed E-state index contributed by atoms with van der Waals surface area (Å²) in [6.45, 7) is 0. The zero-order valence-corrected chi connectivity index (χ0v) is 13.5. The van der Waals surface area contributed by atoms with Crippen LogP contribution in [0.3, 0.4) is 0 Å². The topological polar surface area (TPSA) is 45.5 Å². The third kappa shape index (κ3) is 2.76. The van der Waals surface area contributed by atoms with Gasteiger partial charge >= 0.3 is 6.18 Å². The Hall–Kier alpha value is -2.38. The van der Waals surface area contributed by atoms with Crippen LogP contribution in [0.25, 0.3) is 11.3 Å². The molecule has 0 bridgehead atoms. The molecule has 1 saturated carbocycles. The summed E-state index contributed by atoms with van der Waals surface area (Å²) in [5.74, 6) is 0.918. The fraction of sp³-hybridized carbons (Fsp3) is 0.438. The average molecular weight is 342 g/mol. The van der Waals surface area contributed by atoms with Crippen LogP contribution in [-0.2, 0) is 6.18 Å². The number of imidazole rings is 1. The van der Waals surface area contributed by atoms with Crippen molar-refractivity contribution < 1.29 is 27.4 Å². The molecule has 0 saturated heterocycles. The second-order valence-corrected chi connectivity index (χ2v) is 5.49. The van der Waals surface area contributed by atoms with E-state index in [-0.39, 0.29) is 11.7 Å². The SMILES string of the molecule is COc1cc(-c2c(C(F)(F)F)ncn2C2CC2)cc(OC)c1OC. The highest BCUT2D eigenvalue weighted by Crippen LogP contribution is 2.47. The predicted octanol–water partition coefficient (Wildman–Crippen LogP) is 3.93. The Kier molecular flexibility index (Phi) is 4.06. The van der Waals surface area contributed by atoms with Crippen molar-refractivity contribution in [1.82, 2.24) is 9.55 Å². The molecule has 3 rings (SSSR count). The van der Waals surface area contributed by atoms with Crippen molar-refractivity contribution in [2.45, 2.75) is 25.1 Å². The Morgan fingerprint density at radius 2 is 1.62 bits per heavy atom. The van der Waals surface area contributed by atoms with Crippen LogP contribution in [0.1, 0.15) is 24.6 Å². The van der Waals surface area contributed by atoms with Gasteiger partial charge in [0.1, 0.15) is 0 Å². The lowest BCUT2D eigenvalue weighted by Crippen LogP contribution is -2.09. The maximum atomic E-state index is 13.4. The van der Waals surface area contributed by atoms with E-state index in [0.29, 0.717) is 22.8 Å². The third-order valence-corrected chi connectivity index (χ3v) is 3.94. The summed E-state index contributed by atoms with van der Waals surface area (Å²) in [5.41, 5.74) is -0.575. The number of ether oxygens (including phenoxy) is 3. The van der Waals surface area contributed by atoms with E-state index in [0.717, 1.165) is 12.8 Å². The molecule has 1 aromatic carbocycles. The van der Waals surface area contributed by atoms with Crippen LogP contribution in [-0.4, -0.2) is 30.9 Å². The molecule has 0 amide bonds. The number of aromatic nitrogens is 2. The number of hydrogen-bond donors (Lipinski definition) is 0. The molecular weight excluding hydrogens is 325 g/mol. The van der Waals surface area contributed by atoms with E-state index < -0.39 is 11.9 Å². The number of benzene rings is 1. The first kappa shape index (κ1) is 16.5. The first-order chi connectivity index (χ1) is 11.4. The molecular formula is C16H17F3N2O3. The van der Waals surface area contributed by atoms with Crippen LogP contribution >= 0.6 is 0 Å². The van der Waals surface area contributed by atoms with E-state index in [1.165, 1.54) is 39.8 Å². The fourth-order valence-electron chi connectivity index (χ4n) is 2.70. The molecule has 0 atom stereocenters. The highest BCUT2D eigenvalue weighted by atomic mass is 19.4. The smallest absolute Gasteiger partial charge is 0.435 e. The molecule has 2 aromatic rings. The summed E-state index contributed by atoms with van der Waals surface area (Å²) in [7, 11) is 4.28. The molecule has 1 aromatic heterocycles. The number of nitrogens with zero attached hydrogens (tertiary/aromatic N) is 2. The van der Waals surface area contributed by atoms with Crippen molar-refractivity contribution >= 4 is 0 Å². The van der Waals surface area contributed by atoms with Gasteiger partial charge in [0.2, 0.25) is 5.75 Å². The first-order valence-electron chi connectivity index (χ1n) is 7.35. The normalized spacial score (nSPS) is 14.6. The van der Waals surface area contributed by atoms with Gasteiger partial charge in [-0.3, -0.25) is 0 Å². The highest BCUT2D eigenvalue weighted by Gasteiger charge is 2.40. The number of alkyl halides is 3. The second kappa shape index (κ2) is 5.92.